The summed E-state index contributed by atoms with van der Waals surface area (Å²) in [5.41, 5.74) is -0.676. The molecule has 0 aliphatic carbocycles. The standard InChI is InChI=1S/C14H28N2O3/c1-13(2,3)9-11(17)10-16-12(18)14(19-4)5-7-15-8-6-14/h11,15,17H,5-10H2,1-4H3,(H,16,18). The summed E-state index contributed by atoms with van der Waals surface area (Å²) < 4.78 is 5.44. The molecule has 0 aromatic heterocycles. The second kappa shape index (κ2) is 6.68. The highest BCUT2D eigenvalue weighted by atomic mass is 16.5. The first-order chi connectivity index (χ1) is 8.79. The maximum atomic E-state index is 12.2. The van der Waals surface area contributed by atoms with Crippen molar-refractivity contribution in [3.63, 3.8) is 0 Å². The molecule has 3 N–H and O–H groups in total. The molecule has 1 aliphatic rings. The summed E-state index contributed by atoms with van der Waals surface area (Å²) in [6.07, 6.45) is 1.49. The van der Waals surface area contributed by atoms with Crippen molar-refractivity contribution in [3.8, 4) is 0 Å². The van der Waals surface area contributed by atoms with E-state index in [1.165, 1.54) is 0 Å². The van der Waals surface area contributed by atoms with Gasteiger partial charge in [0.15, 0.2) is 0 Å². The summed E-state index contributed by atoms with van der Waals surface area (Å²) in [4.78, 5) is 12.2. The molecular weight excluding hydrogens is 244 g/mol. The van der Waals surface area contributed by atoms with Crippen LogP contribution < -0.4 is 10.6 Å². The lowest BCUT2D eigenvalue weighted by Gasteiger charge is -2.35. The molecular formula is C14H28N2O3. The van der Waals surface area contributed by atoms with E-state index in [-0.39, 0.29) is 17.9 Å². The number of carbonyl (C=O) groups excluding carboxylic acids is 1. The van der Waals surface area contributed by atoms with Crippen LogP contribution in [0, 0.1) is 5.41 Å². The number of piperidine rings is 1. The Labute approximate surface area is 116 Å². The number of amides is 1. The lowest BCUT2D eigenvalue weighted by Crippen LogP contribution is -2.55. The molecule has 1 fully saturated rings. The second-order valence-electron chi connectivity index (χ2n) is 6.58. The number of aliphatic hydroxyl groups excluding tert-OH is 1. The maximum absolute atomic E-state index is 12.2. The van der Waals surface area contributed by atoms with Crippen LogP contribution in [0.25, 0.3) is 0 Å². The molecule has 0 spiro atoms. The summed E-state index contributed by atoms with van der Waals surface area (Å²) in [5.74, 6) is -0.107. The fourth-order valence-corrected chi connectivity index (χ4v) is 2.51. The molecule has 0 saturated carbocycles. The fourth-order valence-electron chi connectivity index (χ4n) is 2.51. The quantitative estimate of drug-likeness (QED) is 0.688. The van der Waals surface area contributed by atoms with Gasteiger partial charge in [0.1, 0.15) is 5.60 Å². The van der Waals surface area contributed by atoms with E-state index in [1.807, 2.05) is 0 Å². The first-order valence-electron chi connectivity index (χ1n) is 7.01. The number of rotatable bonds is 5. The molecule has 112 valence electrons. The number of methoxy groups -OCH3 is 1. The van der Waals surface area contributed by atoms with Crippen LogP contribution in [-0.4, -0.2) is 49.5 Å². The number of ether oxygens (including phenoxy) is 1. The Morgan fingerprint density at radius 2 is 2.00 bits per heavy atom. The Morgan fingerprint density at radius 3 is 2.47 bits per heavy atom. The zero-order valence-corrected chi connectivity index (χ0v) is 12.6. The van der Waals surface area contributed by atoms with Gasteiger partial charge in [0.05, 0.1) is 6.10 Å². The van der Waals surface area contributed by atoms with Crippen LogP contribution in [0.4, 0.5) is 0 Å². The minimum atomic E-state index is -0.729. The number of hydrogen-bond acceptors (Lipinski definition) is 4. The van der Waals surface area contributed by atoms with E-state index < -0.39 is 11.7 Å². The van der Waals surface area contributed by atoms with Crippen LogP contribution >= 0.6 is 0 Å². The Kier molecular flexibility index (Phi) is 5.77. The van der Waals surface area contributed by atoms with Gasteiger partial charge in [0, 0.05) is 13.7 Å². The summed E-state index contributed by atoms with van der Waals surface area (Å²) in [6, 6.07) is 0. The lowest BCUT2D eigenvalue weighted by molar-refractivity contribution is -0.147. The van der Waals surface area contributed by atoms with Crippen LogP contribution in [0.3, 0.4) is 0 Å². The normalized spacial score (nSPS) is 20.9. The average Bonchev–Trinajstić information content (AvgIpc) is 2.34. The van der Waals surface area contributed by atoms with Gasteiger partial charge in [0.2, 0.25) is 0 Å². The van der Waals surface area contributed by atoms with Gasteiger partial charge in [-0.15, -0.1) is 0 Å². The van der Waals surface area contributed by atoms with Gasteiger partial charge >= 0.3 is 0 Å². The molecule has 0 aromatic rings. The van der Waals surface area contributed by atoms with Crippen LogP contribution in [0.1, 0.15) is 40.0 Å². The molecule has 1 amide bonds. The molecule has 1 unspecified atom stereocenters. The molecule has 0 radical (unpaired) electrons. The molecule has 5 heteroatoms. The Hall–Kier alpha value is -0.650. The van der Waals surface area contributed by atoms with Crippen molar-refractivity contribution < 1.29 is 14.6 Å². The number of hydrogen-bond donors (Lipinski definition) is 3. The van der Waals surface area contributed by atoms with Crippen molar-refractivity contribution in [1.82, 2.24) is 10.6 Å². The van der Waals surface area contributed by atoms with E-state index in [9.17, 15) is 9.90 Å². The highest BCUT2D eigenvalue weighted by Crippen LogP contribution is 2.23. The zero-order chi connectivity index (χ0) is 14.5. The minimum Gasteiger partial charge on any atom is -0.391 e. The number of carbonyl (C=O) groups is 1. The number of aliphatic hydroxyl groups is 1. The Balaban J connectivity index is 2.45. The van der Waals surface area contributed by atoms with Crippen LogP contribution in [0.2, 0.25) is 0 Å². The van der Waals surface area contributed by atoms with E-state index in [1.54, 1.807) is 7.11 Å². The molecule has 1 rings (SSSR count). The summed E-state index contributed by atoms with van der Waals surface area (Å²) in [5, 5.41) is 16.0. The molecule has 1 saturated heterocycles. The first kappa shape index (κ1) is 16.4. The van der Waals surface area contributed by atoms with Crippen molar-refractivity contribution in [2.24, 2.45) is 5.41 Å². The van der Waals surface area contributed by atoms with Gasteiger partial charge in [-0.05, 0) is 37.8 Å². The highest BCUT2D eigenvalue weighted by molar-refractivity contribution is 5.85. The van der Waals surface area contributed by atoms with Gasteiger partial charge in [-0.1, -0.05) is 20.8 Å². The molecule has 0 bridgehead atoms. The third-order valence-electron chi connectivity index (χ3n) is 3.56. The minimum absolute atomic E-state index is 0.0534. The van der Waals surface area contributed by atoms with Crippen molar-refractivity contribution >= 4 is 5.91 Å². The summed E-state index contributed by atoms with van der Waals surface area (Å²) >= 11 is 0. The molecule has 1 aliphatic heterocycles. The van der Waals surface area contributed by atoms with Gasteiger partial charge in [-0.2, -0.15) is 0 Å². The Bertz CT molecular complexity index is 294. The summed E-state index contributed by atoms with van der Waals surface area (Å²) in [6.45, 7) is 8.07. The van der Waals surface area contributed by atoms with Gasteiger partial charge in [-0.25, -0.2) is 0 Å². The smallest absolute Gasteiger partial charge is 0.252 e. The predicted molar refractivity (Wildman–Crippen MR) is 74.9 cm³/mol. The SMILES string of the molecule is COC1(C(=O)NCC(O)CC(C)(C)C)CCNCC1. The van der Waals surface area contributed by atoms with E-state index >= 15 is 0 Å². The van der Waals surface area contributed by atoms with Crippen LogP contribution in [0.15, 0.2) is 0 Å². The zero-order valence-electron chi connectivity index (χ0n) is 12.6. The topological polar surface area (TPSA) is 70.6 Å². The van der Waals surface area contributed by atoms with Crippen LogP contribution in [0.5, 0.6) is 0 Å². The third kappa shape index (κ3) is 5.09. The number of nitrogens with one attached hydrogen (secondary N) is 2. The Morgan fingerprint density at radius 1 is 1.42 bits per heavy atom. The summed E-state index contributed by atoms with van der Waals surface area (Å²) in [7, 11) is 1.58. The van der Waals surface area contributed by atoms with Gasteiger partial charge in [-0.3, -0.25) is 4.79 Å². The van der Waals surface area contributed by atoms with E-state index in [4.69, 9.17) is 4.74 Å². The second-order valence-corrected chi connectivity index (χ2v) is 6.58. The first-order valence-corrected chi connectivity index (χ1v) is 7.01. The van der Waals surface area contributed by atoms with Crippen molar-refractivity contribution in [1.29, 1.82) is 0 Å². The van der Waals surface area contributed by atoms with E-state index in [2.05, 4.69) is 31.4 Å². The average molecular weight is 272 g/mol. The predicted octanol–water partition coefficient (Wildman–Crippen LogP) is 0.668. The van der Waals surface area contributed by atoms with Crippen molar-refractivity contribution in [2.75, 3.05) is 26.7 Å². The van der Waals surface area contributed by atoms with Crippen molar-refractivity contribution in [2.45, 2.75) is 51.7 Å². The molecule has 1 atom stereocenters. The largest absolute Gasteiger partial charge is 0.391 e. The van der Waals surface area contributed by atoms with E-state index in [0.29, 0.717) is 19.3 Å². The third-order valence-corrected chi connectivity index (χ3v) is 3.56. The lowest BCUT2D eigenvalue weighted by atomic mass is 9.88. The van der Waals surface area contributed by atoms with Crippen LogP contribution in [-0.2, 0) is 9.53 Å². The van der Waals surface area contributed by atoms with E-state index in [0.717, 1.165) is 13.1 Å². The fraction of sp³-hybridized carbons (Fsp3) is 0.929. The van der Waals surface area contributed by atoms with Gasteiger partial charge < -0.3 is 20.5 Å². The van der Waals surface area contributed by atoms with Gasteiger partial charge in [0.25, 0.3) is 5.91 Å². The molecule has 19 heavy (non-hydrogen) atoms. The molecule has 1 heterocycles. The molecule has 0 aromatic carbocycles. The maximum Gasteiger partial charge on any atom is 0.252 e. The highest BCUT2D eigenvalue weighted by Gasteiger charge is 2.39. The monoisotopic (exact) mass is 272 g/mol. The molecule has 5 nitrogen and oxygen atoms in total. The van der Waals surface area contributed by atoms with Crippen molar-refractivity contribution in [3.05, 3.63) is 0 Å².